The summed E-state index contributed by atoms with van der Waals surface area (Å²) in [5.41, 5.74) is 2.08. The van der Waals surface area contributed by atoms with Gasteiger partial charge in [-0.1, -0.05) is 19.6 Å². The highest BCUT2D eigenvalue weighted by molar-refractivity contribution is 7.13. The van der Waals surface area contributed by atoms with Gasteiger partial charge < -0.3 is 9.47 Å². The fourth-order valence-corrected chi connectivity index (χ4v) is 2.84. The Morgan fingerprint density at radius 3 is 2.42 bits per heavy atom. The molecule has 0 aliphatic heterocycles. The molecule has 0 unspecified atom stereocenters. The highest BCUT2D eigenvalue weighted by Gasteiger charge is 2.09. The molecule has 1 aromatic carbocycles. The lowest BCUT2D eigenvalue weighted by Crippen LogP contribution is -1.92. The monoisotopic (exact) mass is 274 g/mol. The van der Waals surface area contributed by atoms with E-state index in [-0.39, 0.29) is 0 Å². The Kier molecular flexibility index (Phi) is 4.27. The van der Waals surface area contributed by atoms with Gasteiger partial charge in [-0.3, -0.25) is 0 Å². The number of hydrogen-bond acceptors (Lipinski definition) is 3. The van der Waals surface area contributed by atoms with Crippen LogP contribution in [-0.4, -0.2) is 14.2 Å². The second kappa shape index (κ2) is 5.93. The second-order valence-corrected chi connectivity index (χ2v) is 5.34. The van der Waals surface area contributed by atoms with Crippen LogP contribution < -0.4 is 9.47 Å². The van der Waals surface area contributed by atoms with Gasteiger partial charge in [-0.05, 0) is 41.8 Å². The normalized spacial score (nSPS) is 10.3. The zero-order valence-corrected chi connectivity index (χ0v) is 12.3. The fraction of sp³-hybridized carbons (Fsp3) is 0.250. The quantitative estimate of drug-likeness (QED) is 0.805. The maximum Gasteiger partial charge on any atom is 0.161 e. The average Bonchev–Trinajstić information content (AvgIpc) is 2.94. The molecule has 0 atom stereocenters. The maximum atomic E-state index is 5.33. The summed E-state index contributed by atoms with van der Waals surface area (Å²) in [5, 5.41) is 0. The van der Waals surface area contributed by atoms with Gasteiger partial charge in [-0.25, -0.2) is 0 Å². The second-order valence-electron chi connectivity index (χ2n) is 4.17. The summed E-state index contributed by atoms with van der Waals surface area (Å²) in [4.78, 5) is 2.57. The lowest BCUT2D eigenvalue weighted by atomic mass is 10.1. The van der Waals surface area contributed by atoms with E-state index < -0.39 is 0 Å². The lowest BCUT2D eigenvalue weighted by molar-refractivity contribution is 0.355. The van der Waals surface area contributed by atoms with E-state index in [1.54, 1.807) is 25.6 Å². The maximum absolute atomic E-state index is 5.33. The van der Waals surface area contributed by atoms with E-state index in [1.807, 2.05) is 18.2 Å². The van der Waals surface area contributed by atoms with Gasteiger partial charge in [0.15, 0.2) is 11.5 Å². The molecular weight excluding hydrogens is 256 g/mol. The zero-order valence-electron chi connectivity index (χ0n) is 11.5. The van der Waals surface area contributed by atoms with Crippen LogP contribution in [0.1, 0.15) is 22.2 Å². The summed E-state index contributed by atoms with van der Waals surface area (Å²) in [5.74, 6) is 1.47. The molecule has 2 rings (SSSR count). The van der Waals surface area contributed by atoms with Gasteiger partial charge in [0.25, 0.3) is 0 Å². The number of benzene rings is 1. The molecule has 1 heterocycles. The smallest absolute Gasteiger partial charge is 0.161 e. The van der Waals surface area contributed by atoms with Crippen molar-refractivity contribution in [2.75, 3.05) is 14.2 Å². The Labute approximate surface area is 118 Å². The lowest BCUT2D eigenvalue weighted by Gasteiger charge is -2.10. The summed E-state index contributed by atoms with van der Waals surface area (Å²) in [7, 11) is 3.28. The van der Waals surface area contributed by atoms with Gasteiger partial charge in [-0.15, -0.1) is 11.3 Å². The summed E-state index contributed by atoms with van der Waals surface area (Å²) in [6, 6.07) is 10.2. The van der Waals surface area contributed by atoms with Crippen LogP contribution in [0.4, 0.5) is 0 Å². The van der Waals surface area contributed by atoms with Crippen molar-refractivity contribution in [3.63, 3.8) is 0 Å². The van der Waals surface area contributed by atoms with Crippen LogP contribution >= 0.6 is 11.3 Å². The van der Waals surface area contributed by atoms with E-state index in [0.29, 0.717) is 0 Å². The molecule has 3 heteroatoms. The number of aryl methyl sites for hydroxylation is 1. The van der Waals surface area contributed by atoms with E-state index in [1.165, 1.54) is 9.75 Å². The van der Waals surface area contributed by atoms with E-state index in [4.69, 9.17) is 9.47 Å². The van der Waals surface area contributed by atoms with Crippen molar-refractivity contribution in [1.82, 2.24) is 0 Å². The third-order valence-corrected chi connectivity index (χ3v) is 4.33. The average molecular weight is 274 g/mol. The van der Waals surface area contributed by atoms with E-state index in [9.17, 15) is 0 Å². The van der Waals surface area contributed by atoms with Crippen molar-refractivity contribution in [3.05, 3.63) is 52.2 Å². The Balaban J connectivity index is 2.33. The molecule has 100 valence electrons. The van der Waals surface area contributed by atoms with Crippen LogP contribution in [0.2, 0.25) is 0 Å². The van der Waals surface area contributed by atoms with Crippen LogP contribution in [0, 0.1) is 0 Å². The van der Waals surface area contributed by atoms with Crippen molar-refractivity contribution in [2.45, 2.75) is 13.3 Å². The third-order valence-electron chi connectivity index (χ3n) is 3.04. The Hall–Kier alpha value is -1.74. The molecule has 0 amide bonds. The van der Waals surface area contributed by atoms with Gasteiger partial charge >= 0.3 is 0 Å². The molecule has 0 saturated carbocycles. The SMILES string of the molecule is C=C(c1ccc(OC)c(OC)c1)c1ccc(CC)s1. The molecular formula is C16H18O2S. The van der Waals surface area contributed by atoms with Crippen molar-refractivity contribution < 1.29 is 9.47 Å². The molecule has 1 aromatic heterocycles. The Morgan fingerprint density at radius 1 is 1.11 bits per heavy atom. The summed E-state index contributed by atoms with van der Waals surface area (Å²) in [6.07, 6.45) is 1.06. The first-order valence-electron chi connectivity index (χ1n) is 6.20. The molecule has 0 fully saturated rings. The molecule has 19 heavy (non-hydrogen) atoms. The third kappa shape index (κ3) is 2.82. The van der Waals surface area contributed by atoms with Gasteiger partial charge in [0.05, 0.1) is 14.2 Å². The number of hydrogen-bond donors (Lipinski definition) is 0. The minimum Gasteiger partial charge on any atom is -0.493 e. The van der Waals surface area contributed by atoms with Crippen molar-refractivity contribution in [3.8, 4) is 11.5 Å². The number of thiophene rings is 1. The van der Waals surface area contributed by atoms with E-state index in [0.717, 1.165) is 29.1 Å². The van der Waals surface area contributed by atoms with Gasteiger partial charge in [0.2, 0.25) is 0 Å². The fourth-order valence-electron chi connectivity index (χ4n) is 1.90. The molecule has 0 aliphatic rings. The summed E-state index contributed by atoms with van der Waals surface area (Å²) in [6.45, 7) is 6.35. The van der Waals surface area contributed by atoms with Crippen molar-refractivity contribution in [2.24, 2.45) is 0 Å². The van der Waals surface area contributed by atoms with Crippen molar-refractivity contribution in [1.29, 1.82) is 0 Å². The summed E-state index contributed by atoms with van der Waals surface area (Å²) >= 11 is 1.79. The number of rotatable bonds is 5. The molecule has 0 radical (unpaired) electrons. The van der Waals surface area contributed by atoms with Crippen LogP contribution in [0.5, 0.6) is 11.5 Å². The molecule has 0 saturated heterocycles. The topological polar surface area (TPSA) is 18.5 Å². The molecule has 0 N–H and O–H groups in total. The molecule has 2 aromatic rings. The number of ether oxygens (including phenoxy) is 2. The van der Waals surface area contributed by atoms with Crippen LogP contribution in [0.3, 0.4) is 0 Å². The van der Waals surface area contributed by atoms with Crippen LogP contribution in [0.25, 0.3) is 5.57 Å². The predicted octanol–water partition coefficient (Wildman–Crippen LogP) is 4.39. The Bertz CT molecular complexity index is 584. The van der Waals surface area contributed by atoms with Gasteiger partial charge in [0.1, 0.15) is 0 Å². The van der Waals surface area contributed by atoms with E-state index in [2.05, 4.69) is 25.6 Å². The highest BCUT2D eigenvalue weighted by Crippen LogP contribution is 2.34. The number of methoxy groups -OCH3 is 2. The molecule has 0 bridgehead atoms. The summed E-state index contributed by atoms with van der Waals surface area (Å²) < 4.78 is 10.6. The molecule has 0 aliphatic carbocycles. The minimum atomic E-state index is 0.730. The van der Waals surface area contributed by atoms with Crippen LogP contribution in [-0.2, 0) is 6.42 Å². The van der Waals surface area contributed by atoms with Gasteiger partial charge in [-0.2, -0.15) is 0 Å². The largest absolute Gasteiger partial charge is 0.493 e. The van der Waals surface area contributed by atoms with Crippen molar-refractivity contribution >= 4 is 16.9 Å². The molecule has 0 spiro atoms. The predicted molar refractivity (Wildman–Crippen MR) is 81.4 cm³/mol. The zero-order chi connectivity index (χ0) is 13.8. The van der Waals surface area contributed by atoms with Crippen LogP contribution in [0.15, 0.2) is 36.9 Å². The Morgan fingerprint density at radius 2 is 1.84 bits per heavy atom. The highest BCUT2D eigenvalue weighted by atomic mass is 32.1. The standard InChI is InChI=1S/C16H18O2S/c1-5-13-7-9-16(19-13)11(2)12-6-8-14(17-3)15(10-12)18-4/h6-10H,2,5H2,1,3-4H3. The first-order chi connectivity index (χ1) is 9.19. The molecule has 2 nitrogen and oxygen atoms in total. The van der Waals surface area contributed by atoms with Gasteiger partial charge in [0, 0.05) is 9.75 Å². The first-order valence-corrected chi connectivity index (χ1v) is 7.01. The minimum absolute atomic E-state index is 0.730. The first kappa shape index (κ1) is 13.7. The van der Waals surface area contributed by atoms with E-state index >= 15 is 0 Å².